The Bertz CT molecular complexity index is 193. The van der Waals surface area contributed by atoms with Crippen LogP contribution in [0, 0.1) is 0 Å². The lowest BCUT2D eigenvalue weighted by Gasteiger charge is -2.09. The molecule has 0 bridgehead atoms. The lowest BCUT2D eigenvalue weighted by atomic mass is 10.2. The van der Waals surface area contributed by atoms with Crippen molar-refractivity contribution in [1.82, 2.24) is 0 Å². The molecule has 0 aliphatic carbocycles. The molecule has 0 fully saturated rings. The molecule has 3 nitrogen and oxygen atoms in total. The van der Waals surface area contributed by atoms with Gasteiger partial charge in [0.2, 0.25) is 0 Å². The molecule has 0 spiro atoms. The Morgan fingerprint density at radius 1 is 0.778 bits per heavy atom. The molecule has 0 radical (unpaired) electrons. The van der Waals surface area contributed by atoms with Gasteiger partial charge in [-0.2, -0.15) is 0 Å². The maximum absolute atomic E-state index is 5.56. The van der Waals surface area contributed by atoms with Crippen LogP contribution in [0.1, 0.15) is 72.1 Å². The second-order valence-corrected chi connectivity index (χ2v) is 4.55. The van der Waals surface area contributed by atoms with Crippen molar-refractivity contribution < 1.29 is 9.47 Å². The summed E-state index contributed by atoms with van der Waals surface area (Å²) in [4.78, 5) is 4.38. The molecule has 0 atom stereocenters. The number of hydrogen-bond acceptors (Lipinski definition) is 3. The predicted octanol–water partition coefficient (Wildman–Crippen LogP) is 4.56. The van der Waals surface area contributed by atoms with E-state index in [1.165, 1.54) is 38.5 Å². The van der Waals surface area contributed by atoms with E-state index in [9.17, 15) is 0 Å². The molecule has 0 N–H and O–H groups in total. The molecule has 0 aliphatic heterocycles. The summed E-state index contributed by atoms with van der Waals surface area (Å²) >= 11 is 0. The smallest absolute Gasteiger partial charge is 0.383 e. The van der Waals surface area contributed by atoms with E-state index in [1.54, 1.807) is 0 Å². The predicted molar refractivity (Wildman–Crippen MR) is 78.2 cm³/mol. The number of nitrogens with zero attached hydrogens (tertiary/aromatic N) is 1. The average molecular weight is 257 g/mol. The van der Waals surface area contributed by atoms with Crippen molar-refractivity contribution in [2.75, 3.05) is 19.8 Å². The highest BCUT2D eigenvalue weighted by molar-refractivity contribution is 5.66. The molecule has 0 rings (SSSR count). The van der Waals surface area contributed by atoms with E-state index in [1.807, 2.05) is 6.92 Å². The van der Waals surface area contributed by atoms with E-state index in [0.29, 0.717) is 12.7 Å². The number of hydrogen-bond donors (Lipinski definition) is 0. The number of ether oxygens (including phenoxy) is 2. The second kappa shape index (κ2) is 14.3. The van der Waals surface area contributed by atoms with E-state index in [2.05, 4.69) is 18.8 Å². The zero-order valence-electron chi connectivity index (χ0n) is 12.5. The Balaban J connectivity index is 3.65. The van der Waals surface area contributed by atoms with Gasteiger partial charge < -0.3 is 9.47 Å². The third kappa shape index (κ3) is 11.7. The molecular weight excluding hydrogens is 226 g/mol. The van der Waals surface area contributed by atoms with E-state index in [0.717, 1.165) is 26.0 Å². The fraction of sp³-hybridized carbons (Fsp3) is 0.933. The molecule has 3 heteroatoms. The summed E-state index contributed by atoms with van der Waals surface area (Å²) in [6.45, 7) is 8.58. The Labute approximate surface area is 113 Å². The first-order valence-electron chi connectivity index (χ1n) is 7.65. The molecule has 0 aromatic heterocycles. The minimum absolute atomic E-state index is 0.491. The van der Waals surface area contributed by atoms with Gasteiger partial charge in [0.1, 0.15) is 0 Å². The van der Waals surface area contributed by atoms with Crippen molar-refractivity contribution in [1.29, 1.82) is 0 Å². The van der Waals surface area contributed by atoms with E-state index < -0.39 is 0 Å². The summed E-state index contributed by atoms with van der Waals surface area (Å²) in [5.41, 5.74) is 0. The standard InChI is InChI=1S/C15H31NO2/c1-4-7-9-11-13-16-15(17-6-3)18-14-12-10-8-5-2/h4-14H2,1-3H3. The van der Waals surface area contributed by atoms with Crippen LogP contribution in [-0.2, 0) is 9.47 Å². The van der Waals surface area contributed by atoms with Crippen LogP contribution in [-0.4, -0.2) is 25.8 Å². The van der Waals surface area contributed by atoms with Crippen LogP contribution >= 0.6 is 0 Å². The number of rotatable bonds is 11. The second-order valence-electron chi connectivity index (χ2n) is 4.55. The summed E-state index contributed by atoms with van der Waals surface area (Å²) in [6.07, 6.45) is 10.3. The highest BCUT2D eigenvalue weighted by Gasteiger charge is 2.00. The average Bonchev–Trinajstić information content (AvgIpc) is 2.38. The van der Waals surface area contributed by atoms with Crippen molar-refractivity contribution in [2.45, 2.75) is 72.1 Å². The number of unbranched alkanes of at least 4 members (excludes halogenated alkanes) is 6. The van der Waals surface area contributed by atoms with E-state index >= 15 is 0 Å². The monoisotopic (exact) mass is 257 g/mol. The first-order valence-corrected chi connectivity index (χ1v) is 7.65. The Hall–Kier alpha value is -0.730. The van der Waals surface area contributed by atoms with Crippen LogP contribution in [0.3, 0.4) is 0 Å². The third-order valence-corrected chi connectivity index (χ3v) is 2.74. The van der Waals surface area contributed by atoms with E-state index in [4.69, 9.17) is 9.47 Å². The fourth-order valence-corrected chi connectivity index (χ4v) is 1.65. The zero-order chi connectivity index (χ0) is 13.5. The van der Waals surface area contributed by atoms with Gasteiger partial charge in [0, 0.05) is 6.54 Å². The van der Waals surface area contributed by atoms with Crippen LogP contribution in [0.2, 0.25) is 0 Å². The van der Waals surface area contributed by atoms with Gasteiger partial charge in [-0.3, -0.25) is 0 Å². The van der Waals surface area contributed by atoms with Crippen LogP contribution in [0.5, 0.6) is 0 Å². The largest absolute Gasteiger partial charge is 0.451 e. The van der Waals surface area contributed by atoms with Gasteiger partial charge in [-0.15, -0.1) is 0 Å². The SMILES string of the molecule is CCCCCCN=C(OCC)OCCCCCC. The Kier molecular flexibility index (Phi) is 13.8. The van der Waals surface area contributed by atoms with Gasteiger partial charge in [0.25, 0.3) is 0 Å². The summed E-state index contributed by atoms with van der Waals surface area (Å²) < 4.78 is 10.9. The molecule has 18 heavy (non-hydrogen) atoms. The molecule has 0 saturated carbocycles. The summed E-state index contributed by atoms with van der Waals surface area (Å²) in [5, 5.41) is 0. The summed E-state index contributed by atoms with van der Waals surface area (Å²) in [6, 6.07) is 0. The van der Waals surface area contributed by atoms with Gasteiger partial charge in [0.05, 0.1) is 13.2 Å². The van der Waals surface area contributed by atoms with Gasteiger partial charge in [-0.25, -0.2) is 4.99 Å². The Morgan fingerprint density at radius 3 is 2.06 bits per heavy atom. The fourth-order valence-electron chi connectivity index (χ4n) is 1.65. The van der Waals surface area contributed by atoms with Crippen LogP contribution < -0.4 is 0 Å². The van der Waals surface area contributed by atoms with Crippen molar-refractivity contribution >= 4 is 6.08 Å². The van der Waals surface area contributed by atoms with Gasteiger partial charge >= 0.3 is 6.08 Å². The molecular formula is C15H31NO2. The van der Waals surface area contributed by atoms with Crippen LogP contribution in [0.15, 0.2) is 4.99 Å². The zero-order valence-corrected chi connectivity index (χ0v) is 12.5. The van der Waals surface area contributed by atoms with E-state index in [-0.39, 0.29) is 0 Å². The number of aliphatic imine (C=N–C) groups is 1. The molecule has 0 saturated heterocycles. The maximum Gasteiger partial charge on any atom is 0.383 e. The third-order valence-electron chi connectivity index (χ3n) is 2.74. The molecule has 108 valence electrons. The molecule has 0 aromatic rings. The minimum atomic E-state index is 0.491. The van der Waals surface area contributed by atoms with Gasteiger partial charge in [-0.1, -0.05) is 52.4 Å². The quantitative estimate of drug-likeness (QED) is 0.309. The van der Waals surface area contributed by atoms with Gasteiger partial charge in [0.15, 0.2) is 0 Å². The molecule has 0 aliphatic rings. The maximum atomic E-state index is 5.56. The highest BCUT2D eigenvalue weighted by atomic mass is 16.7. The van der Waals surface area contributed by atoms with Crippen molar-refractivity contribution in [3.8, 4) is 0 Å². The van der Waals surface area contributed by atoms with Gasteiger partial charge in [-0.05, 0) is 19.8 Å². The molecule has 0 aromatic carbocycles. The van der Waals surface area contributed by atoms with Crippen molar-refractivity contribution in [3.05, 3.63) is 0 Å². The first-order chi connectivity index (χ1) is 8.85. The summed E-state index contributed by atoms with van der Waals surface area (Å²) in [5.74, 6) is 0. The molecule has 0 heterocycles. The highest BCUT2D eigenvalue weighted by Crippen LogP contribution is 2.02. The molecule has 0 amide bonds. The van der Waals surface area contributed by atoms with Crippen LogP contribution in [0.25, 0.3) is 0 Å². The van der Waals surface area contributed by atoms with Crippen molar-refractivity contribution in [2.24, 2.45) is 4.99 Å². The topological polar surface area (TPSA) is 30.8 Å². The van der Waals surface area contributed by atoms with Crippen LogP contribution in [0.4, 0.5) is 0 Å². The lowest BCUT2D eigenvalue weighted by Crippen LogP contribution is -2.11. The van der Waals surface area contributed by atoms with Crippen molar-refractivity contribution in [3.63, 3.8) is 0 Å². The molecule has 0 unspecified atom stereocenters. The summed E-state index contributed by atoms with van der Waals surface area (Å²) in [7, 11) is 0. The lowest BCUT2D eigenvalue weighted by molar-refractivity contribution is 0.168. The normalized spacial score (nSPS) is 11.6. The minimum Gasteiger partial charge on any atom is -0.451 e. The first kappa shape index (κ1) is 17.3. The Morgan fingerprint density at radius 2 is 1.44 bits per heavy atom.